The predicted octanol–water partition coefficient (Wildman–Crippen LogP) is 5.22. The molecule has 2 unspecified atom stereocenters. The molecule has 5 heteroatoms. The number of esters is 1. The normalized spacial score (nSPS) is 13.1. The van der Waals surface area contributed by atoms with E-state index in [2.05, 4.69) is 26.1 Å². The number of alkyl carbamates (subject to hydrolysis) is 1. The third kappa shape index (κ3) is 12.7. The molecule has 0 heterocycles. The van der Waals surface area contributed by atoms with Gasteiger partial charge in [0.1, 0.15) is 6.04 Å². The van der Waals surface area contributed by atoms with Crippen LogP contribution in [0, 0.1) is 5.92 Å². The van der Waals surface area contributed by atoms with Crippen LogP contribution in [0.5, 0.6) is 0 Å². The second-order valence-electron chi connectivity index (χ2n) is 6.73. The topological polar surface area (TPSA) is 64.6 Å². The van der Waals surface area contributed by atoms with Gasteiger partial charge in [-0.1, -0.05) is 72.6 Å². The molecule has 1 amide bonds. The summed E-state index contributed by atoms with van der Waals surface area (Å²) in [5.74, 6) is 0.0363. The van der Waals surface area contributed by atoms with E-state index in [0.717, 1.165) is 57.8 Å². The van der Waals surface area contributed by atoms with Gasteiger partial charge in [0.05, 0.1) is 13.2 Å². The maximum absolute atomic E-state index is 12.1. The number of nitrogens with one attached hydrogen (secondary N) is 1. The van der Waals surface area contributed by atoms with Gasteiger partial charge in [-0.25, -0.2) is 9.59 Å². The zero-order valence-corrected chi connectivity index (χ0v) is 16.8. The molecule has 148 valence electrons. The van der Waals surface area contributed by atoms with Crippen molar-refractivity contribution in [1.82, 2.24) is 5.32 Å². The molecule has 0 aromatic heterocycles. The van der Waals surface area contributed by atoms with Crippen LogP contribution in [0.1, 0.15) is 91.9 Å². The van der Waals surface area contributed by atoms with E-state index in [1.54, 1.807) is 0 Å². The number of carbonyl (C=O) groups is 2. The Kier molecular flexibility index (Phi) is 15.4. The highest BCUT2D eigenvalue weighted by Gasteiger charge is 2.22. The Bertz CT molecular complexity index is 347. The number of rotatable bonds is 15. The van der Waals surface area contributed by atoms with Crippen molar-refractivity contribution in [3.63, 3.8) is 0 Å². The van der Waals surface area contributed by atoms with Crippen LogP contribution in [-0.4, -0.2) is 31.3 Å². The molecule has 25 heavy (non-hydrogen) atoms. The molecule has 0 radical (unpaired) electrons. The van der Waals surface area contributed by atoms with Crippen molar-refractivity contribution < 1.29 is 19.1 Å². The zero-order valence-electron chi connectivity index (χ0n) is 16.8. The lowest BCUT2D eigenvalue weighted by Gasteiger charge is -2.19. The molecule has 5 nitrogen and oxygen atoms in total. The third-order valence-electron chi connectivity index (χ3n) is 4.39. The lowest BCUT2D eigenvalue weighted by molar-refractivity contribution is -0.146. The number of carbonyl (C=O) groups excluding carboxylic acids is 2. The number of hydrogen-bond acceptors (Lipinski definition) is 4. The molecule has 0 aromatic rings. The summed E-state index contributed by atoms with van der Waals surface area (Å²) in [5.41, 5.74) is 0. The van der Waals surface area contributed by atoms with E-state index >= 15 is 0 Å². The molecule has 0 aliphatic rings. The number of unbranched alkanes of at least 4 members (excludes halogenated alkanes) is 4. The SMILES string of the molecule is CCCCCCOC(=O)C(CCC)NC(=O)OCC(CC)CCCC. The van der Waals surface area contributed by atoms with Gasteiger partial charge < -0.3 is 14.8 Å². The van der Waals surface area contributed by atoms with Gasteiger partial charge in [-0.05, 0) is 25.2 Å². The summed E-state index contributed by atoms with van der Waals surface area (Å²) in [6.07, 6.45) is 9.43. The molecule has 0 fully saturated rings. The Labute approximate surface area is 154 Å². The second-order valence-corrected chi connectivity index (χ2v) is 6.73. The van der Waals surface area contributed by atoms with Gasteiger partial charge in [0.15, 0.2) is 0 Å². The Hall–Kier alpha value is -1.26. The largest absolute Gasteiger partial charge is 0.464 e. The summed E-state index contributed by atoms with van der Waals surface area (Å²) >= 11 is 0. The van der Waals surface area contributed by atoms with Crippen molar-refractivity contribution in [3.05, 3.63) is 0 Å². The predicted molar refractivity (Wildman–Crippen MR) is 102 cm³/mol. The van der Waals surface area contributed by atoms with E-state index in [1.165, 1.54) is 0 Å². The number of hydrogen-bond donors (Lipinski definition) is 1. The van der Waals surface area contributed by atoms with E-state index in [9.17, 15) is 9.59 Å². The molecule has 0 spiro atoms. The van der Waals surface area contributed by atoms with E-state index in [4.69, 9.17) is 9.47 Å². The summed E-state index contributed by atoms with van der Waals surface area (Å²) in [6.45, 7) is 9.22. The van der Waals surface area contributed by atoms with Gasteiger partial charge in [-0.15, -0.1) is 0 Å². The summed E-state index contributed by atoms with van der Waals surface area (Å²) in [7, 11) is 0. The molecule has 1 N–H and O–H groups in total. The molecule has 0 saturated carbocycles. The quantitative estimate of drug-likeness (QED) is 0.322. The van der Waals surface area contributed by atoms with Gasteiger partial charge in [0.2, 0.25) is 0 Å². The van der Waals surface area contributed by atoms with Crippen LogP contribution in [0.2, 0.25) is 0 Å². The van der Waals surface area contributed by atoms with Crippen LogP contribution in [0.4, 0.5) is 4.79 Å². The van der Waals surface area contributed by atoms with Crippen molar-refractivity contribution in [2.75, 3.05) is 13.2 Å². The summed E-state index contributed by atoms with van der Waals surface area (Å²) in [6, 6.07) is -0.612. The highest BCUT2D eigenvalue weighted by molar-refractivity contribution is 5.81. The van der Waals surface area contributed by atoms with Crippen molar-refractivity contribution in [2.45, 2.75) is 97.9 Å². The molecular weight excluding hydrogens is 318 g/mol. The first-order chi connectivity index (χ1) is 12.1. The Balaban J connectivity index is 4.20. The molecule has 0 aliphatic carbocycles. The standard InChI is InChI=1S/C20H39NO4/c1-5-9-11-12-15-24-19(22)18(13-7-3)21-20(23)25-16-17(8-4)14-10-6-2/h17-18H,5-16H2,1-4H3,(H,21,23). The molecule has 0 aliphatic heterocycles. The molecular formula is C20H39NO4. The zero-order chi connectivity index (χ0) is 18.9. The fourth-order valence-corrected chi connectivity index (χ4v) is 2.62. The fourth-order valence-electron chi connectivity index (χ4n) is 2.62. The first-order valence-corrected chi connectivity index (χ1v) is 10.2. The molecule has 0 rings (SSSR count). The van der Waals surface area contributed by atoms with Crippen molar-refractivity contribution >= 4 is 12.1 Å². The van der Waals surface area contributed by atoms with Gasteiger partial charge in [0, 0.05) is 0 Å². The lowest BCUT2D eigenvalue weighted by atomic mass is 10.0. The summed E-state index contributed by atoms with van der Waals surface area (Å²) < 4.78 is 10.6. The van der Waals surface area contributed by atoms with Crippen LogP contribution in [-0.2, 0) is 14.3 Å². The van der Waals surface area contributed by atoms with E-state index < -0.39 is 12.1 Å². The number of ether oxygens (including phenoxy) is 2. The first kappa shape index (κ1) is 23.7. The highest BCUT2D eigenvalue weighted by Crippen LogP contribution is 2.13. The third-order valence-corrected chi connectivity index (χ3v) is 4.39. The second kappa shape index (κ2) is 16.2. The molecule has 0 aromatic carbocycles. The first-order valence-electron chi connectivity index (χ1n) is 10.2. The highest BCUT2D eigenvalue weighted by atomic mass is 16.6. The van der Waals surface area contributed by atoms with Crippen molar-refractivity contribution in [2.24, 2.45) is 5.92 Å². The minimum Gasteiger partial charge on any atom is -0.464 e. The minimum atomic E-state index is -0.612. The Morgan fingerprint density at radius 2 is 1.56 bits per heavy atom. The van der Waals surface area contributed by atoms with Gasteiger partial charge in [0.25, 0.3) is 0 Å². The lowest BCUT2D eigenvalue weighted by Crippen LogP contribution is -2.42. The average molecular weight is 358 g/mol. The fraction of sp³-hybridized carbons (Fsp3) is 0.900. The molecule has 0 saturated heterocycles. The van der Waals surface area contributed by atoms with Crippen LogP contribution < -0.4 is 5.32 Å². The summed E-state index contributed by atoms with van der Waals surface area (Å²) in [5, 5.41) is 2.67. The average Bonchev–Trinajstić information content (AvgIpc) is 2.61. The van der Waals surface area contributed by atoms with Crippen LogP contribution >= 0.6 is 0 Å². The maximum Gasteiger partial charge on any atom is 0.407 e. The monoisotopic (exact) mass is 357 g/mol. The Morgan fingerprint density at radius 3 is 2.16 bits per heavy atom. The van der Waals surface area contributed by atoms with Gasteiger partial charge in [-0.2, -0.15) is 0 Å². The van der Waals surface area contributed by atoms with Gasteiger partial charge >= 0.3 is 12.1 Å². The van der Waals surface area contributed by atoms with Crippen molar-refractivity contribution in [3.8, 4) is 0 Å². The minimum absolute atomic E-state index is 0.353. The smallest absolute Gasteiger partial charge is 0.407 e. The van der Waals surface area contributed by atoms with Crippen molar-refractivity contribution in [1.29, 1.82) is 0 Å². The maximum atomic E-state index is 12.1. The van der Waals surface area contributed by atoms with E-state index in [1.807, 2.05) is 6.92 Å². The van der Waals surface area contributed by atoms with E-state index in [0.29, 0.717) is 25.6 Å². The van der Waals surface area contributed by atoms with E-state index in [-0.39, 0.29) is 5.97 Å². The Morgan fingerprint density at radius 1 is 0.840 bits per heavy atom. The summed E-state index contributed by atoms with van der Waals surface area (Å²) in [4.78, 5) is 24.1. The molecule has 0 bridgehead atoms. The van der Waals surface area contributed by atoms with Crippen LogP contribution in [0.25, 0.3) is 0 Å². The molecule has 2 atom stereocenters. The number of amides is 1. The van der Waals surface area contributed by atoms with Gasteiger partial charge in [-0.3, -0.25) is 0 Å². The van der Waals surface area contributed by atoms with Crippen LogP contribution in [0.3, 0.4) is 0 Å². The van der Waals surface area contributed by atoms with Crippen LogP contribution in [0.15, 0.2) is 0 Å².